The van der Waals surface area contributed by atoms with Crippen molar-refractivity contribution in [1.29, 1.82) is 0 Å². The molecule has 0 saturated heterocycles. The van der Waals surface area contributed by atoms with E-state index in [9.17, 15) is 8.42 Å². The van der Waals surface area contributed by atoms with Crippen LogP contribution in [-0.2, 0) is 10.0 Å². The maximum Gasteiger partial charge on any atom is 0.265 e. The molecule has 4 nitrogen and oxygen atoms in total. The van der Waals surface area contributed by atoms with Gasteiger partial charge in [-0.15, -0.1) is 0 Å². The molecule has 0 aliphatic carbocycles. The van der Waals surface area contributed by atoms with Gasteiger partial charge in [0.2, 0.25) is 0 Å². The van der Waals surface area contributed by atoms with Crippen molar-refractivity contribution in [1.82, 2.24) is 0 Å². The maximum atomic E-state index is 12.3. The second kappa shape index (κ2) is 5.63. The highest BCUT2D eigenvalue weighted by molar-refractivity contribution is 9.10. The molecule has 0 radical (unpaired) electrons. The molecule has 0 saturated carbocycles. The van der Waals surface area contributed by atoms with Crippen molar-refractivity contribution in [3.05, 3.63) is 53.0 Å². The molecule has 6 heteroatoms. The summed E-state index contributed by atoms with van der Waals surface area (Å²) in [5, 5.41) is 0. The standard InChI is InChI=1S/C13H12BrNO3S/c1-18-12-8-7-10(14)9-13(12)19(16,17)15-11-5-3-2-4-6-11/h2-9,15H,1H3. The Balaban J connectivity index is 2.42. The highest BCUT2D eigenvalue weighted by Gasteiger charge is 2.19. The summed E-state index contributed by atoms with van der Waals surface area (Å²) in [6, 6.07) is 13.5. The molecule has 0 aliphatic rings. The van der Waals surface area contributed by atoms with Crippen LogP contribution in [0.4, 0.5) is 5.69 Å². The van der Waals surface area contributed by atoms with Gasteiger partial charge in [0.1, 0.15) is 10.6 Å². The summed E-state index contributed by atoms with van der Waals surface area (Å²) < 4.78 is 32.9. The number of halogens is 1. The van der Waals surface area contributed by atoms with Gasteiger partial charge in [0, 0.05) is 10.2 Å². The number of para-hydroxylation sites is 1. The van der Waals surface area contributed by atoms with Gasteiger partial charge in [-0.1, -0.05) is 34.1 Å². The summed E-state index contributed by atoms with van der Waals surface area (Å²) in [5.41, 5.74) is 0.504. The van der Waals surface area contributed by atoms with Gasteiger partial charge in [0.15, 0.2) is 0 Å². The lowest BCUT2D eigenvalue weighted by molar-refractivity contribution is 0.403. The molecule has 1 N–H and O–H groups in total. The van der Waals surface area contributed by atoms with E-state index in [0.29, 0.717) is 15.9 Å². The van der Waals surface area contributed by atoms with E-state index in [2.05, 4.69) is 20.7 Å². The summed E-state index contributed by atoms with van der Waals surface area (Å²) in [4.78, 5) is 0.0910. The summed E-state index contributed by atoms with van der Waals surface area (Å²) >= 11 is 3.26. The second-order valence-electron chi connectivity index (χ2n) is 3.77. The van der Waals surface area contributed by atoms with Crippen molar-refractivity contribution in [2.75, 3.05) is 11.8 Å². The molecule has 0 aliphatic heterocycles. The van der Waals surface area contributed by atoms with Crippen molar-refractivity contribution < 1.29 is 13.2 Å². The van der Waals surface area contributed by atoms with Gasteiger partial charge in [-0.05, 0) is 30.3 Å². The minimum atomic E-state index is -3.68. The number of hydrogen-bond acceptors (Lipinski definition) is 3. The first kappa shape index (κ1) is 13.9. The van der Waals surface area contributed by atoms with Gasteiger partial charge in [-0.25, -0.2) is 8.42 Å². The first-order valence-electron chi connectivity index (χ1n) is 5.44. The Hall–Kier alpha value is -1.53. The lowest BCUT2D eigenvalue weighted by atomic mass is 10.3. The molecule has 0 amide bonds. The first-order valence-corrected chi connectivity index (χ1v) is 7.72. The van der Waals surface area contributed by atoms with Crippen LogP contribution in [0.1, 0.15) is 0 Å². The van der Waals surface area contributed by atoms with E-state index in [1.54, 1.807) is 36.4 Å². The maximum absolute atomic E-state index is 12.3. The Morgan fingerprint density at radius 1 is 1.11 bits per heavy atom. The van der Waals surface area contributed by atoms with E-state index in [1.165, 1.54) is 13.2 Å². The molecular formula is C13H12BrNO3S. The lowest BCUT2D eigenvalue weighted by Crippen LogP contribution is -2.14. The Morgan fingerprint density at radius 2 is 1.79 bits per heavy atom. The van der Waals surface area contributed by atoms with Crippen molar-refractivity contribution >= 4 is 31.6 Å². The van der Waals surface area contributed by atoms with E-state index in [0.717, 1.165) is 0 Å². The number of rotatable bonds is 4. The van der Waals surface area contributed by atoms with Gasteiger partial charge >= 0.3 is 0 Å². The van der Waals surface area contributed by atoms with Crippen LogP contribution in [-0.4, -0.2) is 15.5 Å². The molecule has 0 spiro atoms. The number of ether oxygens (including phenoxy) is 1. The molecule has 0 fully saturated rings. The third-order valence-electron chi connectivity index (χ3n) is 2.44. The average molecular weight is 342 g/mol. The fraction of sp³-hybridized carbons (Fsp3) is 0.0769. The SMILES string of the molecule is COc1ccc(Br)cc1S(=O)(=O)Nc1ccccc1. The second-order valence-corrected chi connectivity index (χ2v) is 6.33. The van der Waals surface area contributed by atoms with Gasteiger partial charge in [-0.2, -0.15) is 0 Å². The van der Waals surface area contributed by atoms with Crippen LogP contribution in [0.3, 0.4) is 0 Å². The average Bonchev–Trinajstić information content (AvgIpc) is 2.39. The molecule has 2 rings (SSSR count). The lowest BCUT2D eigenvalue weighted by Gasteiger charge is -2.11. The van der Waals surface area contributed by atoms with Crippen molar-refractivity contribution in [2.45, 2.75) is 4.90 Å². The molecule has 0 aromatic heterocycles. The van der Waals surface area contributed by atoms with Crippen LogP contribution in [0.5, 0.6) is 5.75 Å². The summed E-state index contributed by atoms with van der Waals surface area (Å²) in [5.74, 6) is 0.298. The van der Waals surface area contributed by atoms with Gasteiger partial charge in [0.25, 0.3) is 10.0 Å². The topological polar surface area (TPSA) is 55.4 Å². The summed E-state index contributed by atoms with van der Waals surface area (Å²) in [7, 11) is -2.25. The van der Waals surface area contributed by atoms with Crippen molar-refractivity contribution in [3.63, 3.8) is 0 Å². The summed E-state index contributed by atoms with van der Waals surface area (Å²) in [6.07, 6.45) is 0. The zero-order valence-electron chi connectivity index (χ0n) is 10.1. The van der Waals surface area contributed by atoms with Crippen molar-refractivity contribution in [3.8, 4) is 5.75 Å². The normalized spacial score (nSPS) is 11.1. The number of sulfonamides is 1. The number of hydrogen-bond donors (Lipinski definition) is 1. The van der Waals surface area contributed by atoms with Gasteiger partial charge in [-0.3, -0.25) is 4.72 Å². The predicted octanol–water partition coefficient (Wildman–Crippen LogP) is 3.26. The molecular weight excluding hydrogens is 330 g/mol. The molecule has 0 atom stereocenters. The molecule has 0 heterocycles. The fourth-order valence-electron chi connectivity index (χ4n) is 1.58. The third-order valence-corrected chi connectivity index (χ3v) is 4.34. The number of benzene rings is 2. The van der Waals surface area contributed by atoms with E-state index >= 15 is 0 Å². The minimum Gasteiger partial charge on any atom is -0.495 e. The van der Waals surface area contributed by atoms with Gasteiger partial charge in [0.05, 0.1) is 7.11 Å². The molecule has 19 heavy (non-hydrogen) atoms. The van der Waals surface area contributed by atoms with E-state index < -0.39 is 10.0 Å². The largest absolute Gasteiger partial charge is 0.495 e. The molecule has 2 aromatic carbocycles. The quantitative estimate of drug-likeness (QED) is 0.928. The molecule has 100 valence electrons. The highest BCUT2D eigenvalue weighted by Crippen LogP contribution is 2.28. The van der Waals surface area contributed by atoms with Crippen LogP contribution < -0.4 is 9.46 Å². The number of anilines is 1. The van der Waals surface area contributed by atoms with E-state index in [-0.39, 0.29) is 4.90 Å². The van der Waals surface area contributed by atoms with Gasteiger partial charge < -0.3 is 4.74 Å². The molecule has 2 aromatic rings. The Bertz CT molecular complexity index is 672. The van der Waals surface area contributed by atoms with Crippen LogP contribution in [0.25, 0.3) is 0 Å². The zero-order chi connectivity index (χ0) is 13.9. The summed E-state index contributed by atoms with van der Waals surface area (Å²) in [6.45, 7) is 0. The Labute approximate surface area is 120 Å². The van der Waals surface area contributed by atoms with Crippen LogP contribution in [0.15, 0.2) is 57.9 Å². The monoisotopic (exact) mass is 341 g/mol. The Kier molecular flexibility index (Phi) is 4.11. The Morgan fingerprint density at radius 3 is 2.42 bits per heavy atom. The van der Waals surface area contributed by atoms with E-state index in [1.807, 2.05) is 6.07 Å². The van der Waals surface area contributed by atoms with Crippen LogP contribution >= 0.6 is 15.9 Å². The highest BCUT2D eigenvalue weighted by atomic mass is 79.9. The minimum absolute atomic E-state index is 0.0910. The number of methoxy groups -OCH3 is 1. The predicted molar refractivity (Wildman–Crippen MR) is 77.9 cm³/mol. The third kappa shape index (κ3) is 3.27. The van der Waals surface area contributed by atoms with Crippen LogP contribution in [0.2, 0.25) is 0 Å². The number of nitrogens with one attached hydrogen (secondary N) is 1. The zero-order valence-corrected chi connectivity index (χ0v) is 12.5. The molecule has 0 unspecified atom stereocenters. The van der Waals surface area contributed by atoms with Crippen molar-refractivity contribution in [2.24, 2.45) is 0 Å². The van der Waals surface area contributed by atoms with E-state index in [4.69, 9.17) is 4.74 Å². The van der Waals surface area contributed by atoms with Crippen LogP contribution in [0, 0.1) is 0 Å². The smallest absolute Gasteiger partial charge is 0.265 e. The molecule has 0 bridgehead atoms. The first-order chi connectivity index (χ1) is 9.03. The fourth-order valence-corrected chi connectivity index (χ4v) is 3.34.